The fraction of sp³-hybridized carbons (Fsp3) is 0.615. The third-order valence-corrected chi connectivity index (χ3v) is 10.8. The zero-order valence-corrected chi connectivity index (χ0v) is 30.5. The van der Waals surface area contributed by atoms with Gasteiger partial charge in [0.15, 0.2) is 12.1 Å². The lowest BCUT2D eigenvalue weighted by Crippen LogP contribution is -2.57. The number of phenols is 2. The zero-order valence-electron chi connectivity index (χ0n) is 30.5. The summed E-state index contributed by atoms with van der Waals surface area (Å²) in [6.45, 7) is 8.89. The molecule has 2 heterocycles. The van der Waals surface area contributed by atoms with Crippen molar-refractivity contribution >= 4 is 17.5 Å². The van der Waals surface area contributed by atoms with Gasteiger partial charge >= 0.3 is 0 Å². The van der Waals surface area contributed by atoms with E-state index in [1.165, 1.54) is 19.6 Å². The Bertz CT molecular complexity index is 1570. The number of hydrogen-bond acceptors (Lipinski definition) is 11. The summed E-state index contributed by atoms with van der Waals surface area (Å²) in [6, 6.07) is 5.06. The summed E-state index contributed by atoms with van der Waals surface area (Å²) in [4.78, 5) is 41.8. The lowest BCUT2D eigenvalue weighted by Gasteiger charge is -2.43. The van der Waals surface area contributed by atoms with Crippen LogP contribution in [0.3, 0.4) is 0 Å². The predicted octanol–water partition coefficient (Wildman–Crippen LogP) is 4.29. The largest absolute Gasteiger partial charge is 0.507 e. The van der Waals surface area contributed by atoms with Gasteiger partial charge in [0.1, 0.15) is 17.2 Å². The Hall–Kier alpha value is -3.55. The fourth-order valence-electron chi connectivity index (χ4n) is 8.03. The van der Waals surface area contributed by atoms with Gasteiger partial charge in [0.25, 0.3) is 0 Å². The Morgan fingerprint density at radius 3 is 2.31 bits per heavy atom. The molecule has 5 unspecified atom stereocenters. The van der Waals surface area contributed by atoms with Crippen molar-refractivity contribution in [1.82, 2.24) is 10.2 Å². The van der Waals surface area contributed by atoms with Gasteiger partial charge in [-0.25, -0.2) is 0 Å². The number of aliphatic hydroxyl groups excluding tert-OH is 1. The lowest BCUT2D eigenvalue weighted by molar-refractivity contribution is -0.190. The summed E-state index contributed by atoms with van der Waals surface area (Å²) in [7, 11) is 3.06. The maximum absolute atomic E-state index is 13.3. The van der Waals surface area contributed by atoms with Crippen molar-refractivity contribution in [3.05, 3.63) is 51.6 Å². The summed E-state index contributed by atoms with van der Waals surface area (Å²) >= 11 is 0. The van der Waals surface area contributed by atoms with Crippen LogP contribution in [0.5, 0.6) is 17.2 Å². The predicted molar refractivity (Wildman–Crippen MR) is 190 cm³/mol. The van der Waals surface area contributed by atoms with E-state index in [9.17, 15) is 29.7 Å². The van der Waals surface area contributed by atoms with E-state index in [0.717, 1.165) is 51.8 Å². The number of fused-ring (bicyclic) bond motifs is 3. The maximum atomic E-state index is 13.3. The SMILES string of the molecule is CC.COC1CN(C2CCOC(C)C2O)CCO1.COc1cccc2c1C(=O)c1c(O)c3c(c(O)c1C2=O)CC(C(=O)NC1CCCCC1)CC3. The number of carbonyl (C=O) groups is 3. The van der Waals surface area contributed by atoms with Crippen LogP contribution in [0.4, 0.5) is 0 Å². The van der Waals surface area contributed by atoms with Crippen molar-refractivity contribution in [1.29, 1.82) is 0 Å². The first-order chi connectivity index (χ1) is 24.6. The number of nitrogens with one attached hydrogen (secondary N) is 1. The minimum absolute atomic E-state index is 0.0540. The van der Waals surface area contributed by atoms with Gasteiger partial charge in [0.05, 0.1) is 42.6 Å². The molecule has 0 radical (unpaired) electrons. The van der Waals surface area contributed by atoms with Gasteiger partial charge in [-0.15, -0.1) is 0 Å². The van der Waals surface area contributed by atoms with Gasteiger partial charge in [-0.3, -0.25) is 19.3 Å². The molecule has 2 saturated heterocycles. The minimum atomic E-state index is -0.551. The number of morpholine rings is 1. The molecule has 4 N–H and O–H groups in total. The molecule has 0 bridgehead atoms. The molecule has 2 aromatic carbocycles. The monoisotopic (exact) mass is 710 g/mol. The molecule has 280 valence electrons. The van der Waals surface area contributed by atoms with E-state index in [4.69, 9.17) is 18.9 Å². The van der Waals surface area contributed by atoms with Crippen molar-refractivity contribution in [2.45, 2.75) is 109 Å². The smallest absolute Gasteiger partial charge is 0.223 e. The Kier molecular flexibility index (Phi) is 13.1. The van der Waals surface area contributed by atoms with Crippen LogP contribution in [0.25, 0.3) is 0 Å². The highest BCUT2D eigenvalue weighted by atomic mass is 16.7. The summed E-state index contributed by atoms with van der Waals surface area (Å²) in [6.07, 6.45) is 6.65. The molecule has 51 heavy (non-hydrogen) atoms. The second kappa shape index (κ2) is 17.3. The van der Waals surface area contributed by atoms with Gasteiger partial charge in [0, 0.05) is 61.5 Å². The number of carbonyl (C=O) groups excluding carboxylic acids is 3. The topological polar surface area (TPSA) is 164 Å². The van der Waals surface area contributed by atoms with Crippen molar-refractivity contribution in [2.75, 3.05) is 40.5 Å². The fourth-order valence-corrected chi connectivity index (χ4v) is 8.03. The Balaban J connectivity index is 0.000000235. The number of aliphatic hydroxyl groups is 1. The number of ketones is 2. The van der Waals surface area contributed by atoms with Gasteiger partial charge in [-0.1, -0.05) is 45.2 Å². The average molecular weight is 711 g/mol. The summed E-state index contributed by atoms with van der Waals surface area (Å²) in [5, 5.41) is 35.4. The Morgan fingerprint density at radius 2 is 1.61 bits per heavy atom. The maximum Gasteiger partial charge on any atom is 0.223 e. The highest BCUT2D eigenvalue weighted by Gasteiger charge is 2.41. The zero-order chi connectivity index (χ0) is 36.8. The highest BCUT2D eigenvalue weighted by molar-refractivity contribution is 6.31. The van der Waals surface area contributed by atoms with Crippen LogP contribution < -0.4 is 10.1 Å². The van der Waals surface area contributed by atoms with Gasteiger partial charge < -0.3 is 39.6 Å². The van der Waals surface area contributed by atoms with Crippen LogP contribution >= 0.6 is 0 Å². The second-order valence-corrected chi connectivity index (χ2v) is 13.7. The molecule has 2 aliphatic heterocycles. The van der Waals surface area contributed by atoms with E-state index in [0.29, 0.717) is 30.6 Å². The highest BCUT2D eigenvalue weighted by Crippen LogP contribution is 2.47. The summed E-state index contributed by atoms with van der Waals surface area (Å²) < 4.78 is 21.3. The number of phenolic OH excluding ortho intramolecular Hbond substituents is 2. The molecule has 3 aliphatic carbocycles. The van der Waals surface area contributed by atoms with Crippen molar-refractivity contribution in [3.8, 4) is 17.2 Å². The van der Waals surface area contributed by atoms with E-state index in [-0.39, 0.29) is 82.2 Å². The van der Waals surface area contributed by atoms with Gasteiger partial charge in [-0.05, 0) is 51.5 Å². The Labute approximate surface area is 300 Å². The number of amides is 1. The third kappa shape index (κ3) is 7.95. The number of methoxy groups -OCH3 is 2. The quantitative estimate of drug-likeness (QED) is 0.279. The first-order valence-corrected chi connectivity index (χ1v) is 18.5. The molecular weight excluding hydrogens is 656 g/mol. The minimum Gasteiger partial charge on any atom is -0.507 e. The molecule has 3 fully saturated rings. The van der Waals surface area contributed by atoms with Crippen LogP contribution in [0, 0.1) is 5.92 Å². The van der Waals surface area contributed by atoms with Gasteiger partial charge in [0.2, 0.25) is 11.7 Å². The molecule has 0 aromatic heterocycles. The number of benzene rings is 2. The molecule has 2 aromatic rings. The third-order valence-electron chi connectivity index (χ3n) is 10.8. The molecule has 1 amide bonds. The van der Waals surface area contributed by atoms with E-state index in [1.54, 1.807) is 19.2 Å². The first kappa shape index (κ1) is 38.7. The molecular formula is C39H54N2O10. The average Bonchev–Trinajstić information content (AvgIpc) is 3.17. The molecule has 12 nitrogen and oxygen atoms in total. The van der Waals surface area contributed by atoms with Crippen LogP contribution in [0.15, 0.2) is 18.2 Å². The molecule has 7 rings (SSSR count). The molecule has 0 spiro atoms. The summed E-state index contributed by atoms with van der Waals surface area (Å²) in [5.74, 6) is -1.84. The van der Waals surface area contributed by atoms with Crippen LogP contribution in [0.2, 0.25) is 0 Å². The number of aromatic hydroxyl groups is 2. The number of rotatable bonds is 5. The van der Waals surface area contributed by atoms with Gasteiger partial charge in [-0.2, -0.15) is 0 Å². The first-order valence-electron chi connectivity index (χ1n) is 18.5. The lowest BCUT2D eigenvalue weighted by atomic mass is 9.75. The normalized spacial score (nSPS) is 26.3. The van der Waals surface area contributed by atoms with Crippen molar-refractivity contribution < 1.29 is 48.7 Å². The molecule has 5 aliphatic rings. The number of ether oxygens (including phenoxy) is 4. The molecule has 1 saturated carbocycles. The second-order valence-electron chi connectivity index (χ2n) is 13.7. The molecule has 5 atom stereocenters. The number of hydrogen-bond donors (Lipinski definition) is 4. The van der Waals surface area contributed by atoms with Crippen LogP contribution in [-0.4, -0.2) is 109 Å². The number of nitrogens with zero attached hydrogens (tertiary/aromatic N) is 1. The van der Waals surface area contributed by atoms with E-state index < -0.39 is 17.7 Å². The van der Waals surface area contributed by atoms with Crippen LogP contribution in [-0.2, 0) is 31.8 Å². The summed E-state index contributed by atoms with van der Waals surface area (Å²) in [5.41, 5.74) is 0.668. The van der Waals surface area contributed by atoms with Crippen molar-refractivity contribution in [3.63, 3.8) is 0 Å². The van der Waals surface area contributed by atoms with Crippen LogP contribution in [0.1, 0.15) is 109 Å². The standard InChI is InChI=1S/C26H27NO6.C11H21NO4.C2H6/c1-33-18-9-5-8-16-19(18)25(31)21-20(23(16)29)24(30)17-12-13(10-11-15(17)22(21)28)26(32)27-14-6-3-2-4-7-14;1-8-11(13)9(3-5-15-8)12-4-6-16-10(7-12)14-2;1-2/h5,8-9,13-14,28,30H,2-4,6-7,10-12H2,1H3,(H,27,32);8-11,13H,3-7H2,1-2H3;1-2H3. The van der Waals surface area contributed by atoms with E-state index in [2.05, 4.69) is 10.2 Å². The van der Waals surface area contributed by atoms with Crippen molar-refractivity contribution in [2.24, 2.45) is 5.92 Å². The van der Waals surface area contributed by atoms with E-state index in [1.807, 2.05) is 20.8 Å². The van der Waals surface area contributed by atoms with E-state index >= 15 is 0 Å². The molecule has 12 heteroatoms. The Morgan fingerprint density at radius 1 is 0.902 bits per heavy atom.